The Morgan fingerprint density at radius 3 is 2.65 bits per heavy atom. The van der Waals surface area contributed by atoms with Gasteiger partial charge in [-0.05, 0) is 62.4 Å². The molecule has 13 heteroatoms. The summed E-state index contributed by atoms with van der Waals surface area (Å²) in [5.74, 6) is -1.21. The molecule has 0 fully saturated rings. The molecule has 1 aliphatic rings. The number of nitrogens with zero attached hydrogens (tertiary/aromatic N) is 5. The van der Waals surface area contributed by atoms with Gasteiger partial charge in [-0.2, -0.15) is 9.97 Å². The lowest BCUT2D eigenvalue weighted by molar-refractivity contribution is -0.137. The number of aliphatic carboxylic acids is 1. The van der Waals surface area contributed by atoms with Gasteiger partial charge in [0.25, 0.3) is 5.91 Å². The van der Waals surface area contributed by atoms with Gasteiger partial charge in [0.05, 0.1) is 18.4 Å². The molecule has 40 heavy (non-hydrogen) atoms. The average molecular weight is 549 g/mol. The molecule has 2 aromatic heterocycles. The van der Waals surface area contributed by atoms with Crippen LogP contribution >= 0.6 is 0 Å². The van der Waals surface area contributed by atoms with Crippen LogP contribution in [-0.4, -0.2) is 55.7 Å². The molecule has 0 bridgehead atoms. The minimum absolute atomic E-state index is 0.00273. The van der Waals surface area contributed by atoms with Gasteiger partial charge in [-0.1, -0.05) is 12.5 Å². The second-order valence-corrected chi connectivity index (χ2v) is 9.38. The number of amides is 2. The van der Waals surface area contributed by atoms with Gasteiger partial charge in [-0.3, -0.25) is 14.5 Å². The summed E-state index contributed by atoms with van der Waals surface area (Å²) in [6, 6.07) is 6.43. The third-order valence-corrected chi connectivity index (χ3v) is 6.30. The summed E-state index contributed by atoms with van der Waals surface area (Å²) >= 11 is 0. The molecular weight excluding hydrogens is 516 g/mol. The number of allylic oxidation sites excluding steroid dienone is 1. The number of carboxylic acid groups (broad SMARTS) is 1. The van der Waals surface area contributed by atoms with Crippen LogP contribution in [0, 0.1) is 0 Å². The number of nitrogen functional groups attached to an aromatic ring is 2. The zero-order valence-corrected chi connectivity index (χ0v) is 22.0. The van der Waals surface area contributed by atoms with Crippen molar-refractivity contribution in [3.05, 3.63) is 53.9 Å². The highest BCUT2D eigenvalue weighted by Gasteiger charge is 2.23. The SMILES string of the molecule is Nc1nc(N)c2nc(CN(C(=O)OC3/C=C/CCCCC3)c3ccc(C(=O)NCCCC(=O)O)cc3)cnc2n1. The van der Waals surface area contributed by atoms with Crippen molar-refractivity contribution in [2.24, 2.45) is 0 Å². The maximum absolute atomic E-state index is 13.5. The summed E-state index contributed by atoms with van der Waals surface area (Å²) < 4.78 is 5.86. The van der Waals surface area contributed by atoms with Crippen LogP contribution in [0.5, 0.6) is 0 Å². The molecule has 1 unspecified atom stereocenters. The summed E-state index contributed by atoms with van der Waals surface area (Å²) in [5.41, 5.74) is 13.4. The monoisotopic (exact) mass is 548 g/mol. The highest BCUT2D eigenvalue weighted by Crippen LogP contribution is 2.23. The number of carbonyl (C=O) groups is 3. The standard InChI is InChI=1S/C27H32N8O5/c28-23-22-24(34-26(29)33-23)31-15-18(32-22)16-35(27(39)40-20-7-4-2-1-3-5-8-20)19-12-10-17(11-13-19)25(38)30-14-6-9-21(36)37/h4,7,10-13,15,20H,1-3,5-6,8-9,14,16H2,(H,30,38)(H,36,37)(H4,28,29,31,33,34)/b7-4+. The van der Waals surface area contributed by atoms with Crippen LogP contribution < -0.4 is 21.7 Å². The summed E-state index contributed by atoms with van der Waals surface area (Å²) in [6.07, 6.45) is 9.59. The second-order valence-electron chi connectivity index (χ2n) is 9.38. The lowest BCUT2D eigenvalue weighted by Gasteiger charge is -2.25. The van der Waals surface area contributed by atoms with Crippen molar-refractivity contribution in [2.45, 2.75) is 57.6 Å². The number of anilines is 3. The summed E-state index contributed by atoms with van der Waals surface area (Å²) in [7, 11) is 0. The summed E-state index contributed by atoms with van der Waals surface area (Å²) in [4.78, 5) is 54.8. The number of carbonyl (C=O) groups excluding carboxylic acids is 2. The fourth-order valence-electron chi connectivity index (χ4n) is 4.24. The van der Waals surface area contributed by atoms with Crippen molar-refractivity contribution < 1.29 is 24.2 Å². The highest BCUT2D eigenvalue weighted by atomic mass is 16.6. The molecular formula is C27H32N8O5. The van der Waals surface area contributed by atoms with Gasteiger partial charge in [-0.25, -0.2) is 14.8 Å². The van der Waals surface area contributed by atoms with Crippen LogP contribution in [0.1, 0.15) is 61.0 Å². The van der Waals surface area contributed by atoms with E-state index >= 15 is 0 Å². The zero-order chi connectivity index (χ0) is 28.5. The molecule has 0 saturated heterocycles. The minimum Gasteiger partial charge on any atom is -0.481 e. The van der Waals surface area contributed by atoms with Crippen molar-refractivity contribution in [3.8, 4) is 0 Å². The molecule has 0 saturated carbocycles. The molecule has 2 amide bonds. The number of nitrogens with two attached hydrogens (primary N) is 2. The number of nitrogens with one attached hydrogen (secondary N) is 1. The number of hydrogen-bond donors (Lipinski definition) is 4. The number of aromatic nitrogens is 4. The number of ether oxygens (including phenoxy) is 1. The normalized spacial score (nSPS) is 15.9. The molecule has 0 aliphatic heterocycles. The Hall–Kier alpha value is -4.81. The molecule has 13 nitrogen and oxygen atoms in total. The average Bonchev–Trinajstić information content (AvgIpc) is 2.91. The molecule has 0 radical (unpaired) electrons. The maximum Gasteiger partial charge on any atom is 0.415 e. The maximum atomic E-state index is 13.5. The predicted octanol–water partition coefficient (Wildman–Crippen LogP) is 3.21. The quantitative estimate of drug-likeness (QED) is 0.226. The first-order chi connectivity index (χ1) is 19.3. The number of rotatable bonds is 9. The molecule has 6 N–H and O–H groups in total. The van der Waals surface area contributed by atoms with E-state index in [-0.39, 0.29) is 54.5 Å². The highest BCUT2D eigenvalue weighted by molar-refractivity contribution is 5.95. The van der Waals surface area contributed by atoms with Crippen molar-refractivity contribution >= 4 is 46.6 Å². The molecule has 2 heterocycles. The van der Waals surface area contributed by atoms with Gasteiger partial charge >= 0.3 is 12.1 Å². The Balaban J connectivity index is 1.56. The fourth-order valence-corrected chi connectivity index (χ4v) is 4.24. The molecule has 4 rings (SSSR count). The van der Waals surface area contributed by atoms with Gasteiger partial charge in [0.2, 0.25) is 5.95 Å². The van der Waals surface area contributed by atoms with E-state index in [1.54, 1.807) is 24.3 Å². The predicted molar refractivity (Wildman–Crippen MR) is 148 cm³/mol. The minimum atomic E-state index is -0.920. The third kappa shape index (κ3) is 7.62. The van der Waals surface area contributed by atoms with E-state index in [1.165, 1.54) is 11.1 Å². The van der Waals surface area contributed by atoms with Gasteiger partial charge in [0.1, 0.15) is 6.10 Å². The van der Waals surface area contributed by atoms with Gasteiger partial charge < -0.3 is 26.6 Å². The van der Waals surface area contributed by atoms with Gasteiger partial charge in [-0.15, -0.1) is 0 Å². The first-order valence-corrected chi connectivity index (χ1v) is 13.1. The van der Waals surface area contributed by atoms with E-state index in [1.807, 2.05) is 12.2 Å². The zero-order valence-electron chi connectivity index (χ0n) is 22.0. The van der Waals surface area contributed by atoms with Gasteiger partial charge in [0.15, 0.2) is 17.0 Å². The molecule has 0 spiro atoms. The molecule has 210 valence electrons. The van der Waals surface area contributed by atoms with E-state index in [0.717, 1.165) is 32.1 Å². The van der Waals surface area contributed by atoms with Crippen LogP contribution in [0.4, 0.5) is 22.2 Å². The fraction of sp³-hybridized carbons (Fsp3) is 0.370. The Kier molecular flexibility index (Phi) is 9.39. The first-order valence-electron chi connectivity index (χ1n) is 13.1. The molecule has 1 atom stereocenters. The Bertz CT molecular complexity index is 1400. The van der Waals surface area contributed by atoms with Crippen molar-refractivity contribution in [2.75, 3.05) is 22.9 Å². The van der Waals surface area contributed by atoms with Crippen LogP contribution in [0.25, 0.3) is 11.2 Å². The Morgan fingerprint density at radius 2 is 1.88 bits per heavy atom. The van der Waals surface area contributed by atoms with E-state index in [9.17, 15) is 14.4 Å². The van der Waals surface area contributed by atoms with Crippen LogP contribution in [0.3, 0.4) is 0 Å². The summed E-state index contributed by atoms with van der Waals surface area (Å²) in [5, 5.41) is 11.4. The Morgan fingerprint density at radius 1 is 1.07 bits per heavy atom. The number of benzene rings is 1. The second kappa shape index (κ2) is 13.3. The number of hydrogen-bond acceptors (Lipinski definition) is 10. The smallest absolute Gasteiger partial charge is 0.415 e. The molecule has 1 aliphatic carbocycles. The summed E-state index contributed by atoms with van der Waals surface area (Å²) in [6.45, 7) is 0.238. The third-order valence-electron chi connectivity index (χ3n) is 6.30. The largest absolute Gasteiger partial charge is 0.481 e. The number of fused-ring (bicyclic) bond motifs is 1. The van der Waals surface area contributed by atoms with Crippen molar-refractivity contribution in [1.82, 2.24) is 25.3 Å². The van der Waals surface area contributed by atoms with Crippen molar-refractivity contribution in [1.29, 1.82) is 0 Å². The lowest BCUT2D eigenvalue weighted by Crippen LogP contribution is -2.34. The number of carboxylic acids is 1. The van der Waals surface area contributed by atoms with E-state index in [2.05, 4.69) is 25.3 Å². The van der Waals surface area contributed by atoms with E-state index < -0.39 is 12.1 Å². The van der Waals surface area contributed by atoms with Crippen LogP contribution in [-0.2, 0) is 16.1 Å². The van der Waals surface area contributed by atoms with Gasteiger partial charge in [0, 0.05) is 24.2 Å². The van der Waals surface area contributed by atoms with Crippen molar-refractivity contribution in [3.63, 3.8) is 0 Å². The van der Waals surface area contributed by atoms with Crippen LogP contribution in [0.2, 0.25) is 0 Å². The molecule has 3 aromatic rings. The Labute approximate surface area is 230 Å². The topological polar surface area (TPSA) is 200 Å². The molecule has 1 aromatic carbocycles. The van der Waals surface area contributed by atoms with E-state index in [4.69, 9.17) is 21.3 Å². The lowest BCUT2D eigenvalue weighted by atomic mass is 10.0. The van der Waals surface area contributed by atoms with E-state index in [0.29, 0.717) is 23.4 Å². The van der Waals surface area contributed by atoms with Crippen LogP contribution in [0.15, 0.2) is 42.6 Å². The first kappa shape index (κ1) is 28.2.